The quantitative estimate of drug-likeness (QED) is 0.825. The standard InChI is InChI=1S/C14H19NO4S/c1-11-3-2-4-13(7-11)8-19-9-14(16)15-20(17,18)10-12-5-6-12/h2-4,7,12H,5-6,8-10H2,1H3,(H,15,16). The molecule has 0 aromatic heterocycles. The minimum absolute atomic E-state index is 0.0383. The molecule has 1 fully saturated rings. The van der Waals surface area contributed by atoms with Crippen LogP contribution in [0.1, 0.15) is 24.0 Å². The van der Waals surface area contributed by atoms with Crippen molar-refractivity contribution in [1.82, 2.24) is 4.72 Å². The smallest absolute Gasteiger partial charge is 0.259 e. The van der Waals surface area contributed by atoms with Crippen molar-refractivity contribution in [3.05, 3.63) is 35.4 Å². The van der Waals surface area contributed by atoms with Crippen molar-refractivity contribution < 1.29 is 17.9 Å². The lowest BCUT2D eigenvalue weighted by Crippen LogP contribution is -2.35. The van der Waals surface area contributed by atoms with Gasteiger partial charge in [0.1, 0.15) is 6.61 Å². The monoisotopic (exact) mass is 297 g/mol. The summed E-state index contributed by atoms with van der Waals surface area (Å²) in [6.45, 7) is 2.01. The molecule has 0 unspecified atom stereocenters. The van der Waals surface area contributed by atoms with Crippen LogP contribution < -0.4 is 4.72 Å². The highest BCUT2D eigenvalue weighted by atomic mass is 32.2. The predicted octanol–water partition coefficient (Wildman–Crippen LogP) is 1.37. The molecule has 0 atom stereocenters. The first-order valence-corrected chi connectivity index (χ1v) is 8.26. The number of ether oxygens (including phenoxy) is 1. The Hall–Kier alpha value is -1.40. The first-order valence-electron chi connectivity index (χ1n) is 6.61. The van der Waals surface area contributed by atoms with Crippen LogP contribution in [0.5, 0.6) is 0 Å². The molecule has 1 N–H and O–H groups in total. The van der Waals surface area contributed by atoms with Crippen molar-refractivity contribution in [1.29, 1.82) is 0 Å². The van der Waals surface area contributed by atoms with Crippen molar-refractivity contribution in [2.45, 2.75) is 26.4 Å². The van der Waals surface area contributed by atoms with Gasteiger partial charge in [-0.1, -0.05) is 29.8 Å². The Morgan fingerprint density at radius 1 is 1.40 bits per heavy atom. The van der Waals surface area contributed by atoms with Crippen molar-refractivity contribution in [2.75, 3.05) is 12.4 Å². The van der Waals surface area contributed by atoms with Gasteiger partial charge in [0.05, 0.1) is 12.4 Å². The van der Waals surface area contributed by atoms with E-state index >= 15 is 0 Å². The van der Waals surface area contributed by atoms with Gasteiger partial charge in [0.2, 0.25) is 10.0 Å². The van der Waals surface area contributed by atoms with Crippen molar-refractivity contribution >= 4 is 15.9 Å². The molecule has 1 saturated carbocycles. The Bertz CT molecular complexity index is 579. The molecule has 1 aliphatic carbocycles. The normalized spacial score (nSPS) is 15.1. The molecule has 2 rings (SSSR count). The number of carbonyl (C=O) groups is 1. The van der Waals surface area contributed by atoms with Gasteiger partial charge in [0.25, 0.3) is 5.91 Å². The summed E-state index contributed by atoms with van der Waals surface area (Å²) in [7, 11) is -3.50. The third-order valence-electron chi connectivity index (χ3n) is 3.01. The van der Waals surface area contributed by atoms with Gasteiger partial charge in [-0.25, -0.2) is 8.42 Å². The minimum atomic E-state index is -3.50. The fourth-order valence-corrected chi connectivity index (χ4v) is 3.35. The van der Waals surface area contributed by atoms with E-state index < -0.39 is 15.9 Å². The number of hydrogen-bond acceptors (Lipinski definition) is 4. The van der Waals surface area contributed by atoms with E-state index in [-0.39, 0.29) is 24.9 Å². The van der Waals surface area contributed by atoms with Gasteiger partial charge >= 0.3 is 0 Å². The molecule has 1 aromatic carbocycles. The maximum atomic E-state index is 11.6. The molecule has 20 heavy (non-hydrogen) atoms. The highest BCUT2D eigenvalue weighted by molar-refractivity contribution is 7.90. The van der Waals surface area contributed by atoms with E-state index in [2.05, 4.69) is 0 Å². The second-order valence-electron chi connectivity index (χ2n) is 5.23. The number of nitrogens with one attached hydrogen (secondary N) is 1. The van der Waals surface area contributed by atoms with Crippen LogP contribution in [0.2, 0.25) is 0 Å². The summed E-state index contributed by atoms with van der Waals surface area (Å²) in [4.78, 5) is 11.5. The first-order chi connectivity index (χ1) is 9.44. The van der Waals surface area contributed by atoms with Crippen LogP contribution in [0.3, 0.4) is 0 Å². The maximum Gasteiger partial charge on any atom is 0.259 e. The second kappa shape index (κ2) is 6.37. The zero-order valence-corrected chi connectivity index (χ0v) is 12.3. The zero-order chi connectivity index (χ0) is 14.6. The molecular weight excluding hydrogens is 278 g/mol. The summed E-state index contributed by atoms with van der Waals surface area (Å²) in [5.74, 6) is -0.358. The molecule has 1 aromatic rings. The van der Waals surface area contributed by atoms with Crippen molar-refractivity contribution in [2.24, 2.45) is 5.92 Å². The molecule has 1 amide bonds. The number of aryl methyl sites for hydroxylation is 1. The molecule has 0 saturated heterocycles. The number of carbonyl (C=O) groups excluding carboxylic acids is 1. The lowest BCUT2D eigenvalue weighted by molar-refractivity contribution is -0.124. The molecule has 0 spiro atoms. The highest BCUT2D eigenvalue weighted by Crippen LogP contribution is 2.29. The number of amides is 1. The maximum absolute atomic E-state index is 11.6. The van der Waals surface area contributed by atoms with Gasteiger partial charge in [-0.05, 0) is 31.2 Å². The van der Waals surface area contributed by atoms with E-state index in [0.717, 1.165) is 24.0 Å². The number of rotatable bonds is 7. The van der Waals surface area contributed by atoms with E-state index in [9.17, 15) is 13.2 Å². The van der Waals surface area contributed by atoms with Crippen LogP contribution in [0.4, 0.5) is 0 Å². The van der Waals surface area contributed by atoms with Crippen LogP contribution in [0.15, 0.2) is 24.3 Å². The fraction of sp³-hybridized carbons (Fsp3) is 0.500. The van der Waals surface area contributed by atoms with Gasteiger partial charge < -0.3 is 4.74 Å². The summed E-state index contributed by atoms with van der Waals surface area (Å²) in [6.07, 6.45) is 1.86. The fourth-order valence-electron chi connectivity index (χ4n) is 1.90. The molecule has 0 heterocycles. The van der Waals surface area contributed by atoms with E-state index in [0.29, 0.717) is 0 Å². The summed E-state index contributed by atoms with van der Waals surface area (Å²) < 4.78 is 30.4. The first kappa shape index (κ1) is 15.0. The SMILES string of the molecule is Cc1cccc(COCC(=O)NS(=O)(=O)CC2CC2)c1. The number of hydrogen-bond donors (Lipinski definition) is 1. The molecule has 0 radical (unpaired) electrons. The average Bonchev–Trinajstić information content (AvgIpc) is 3.11. The molecule has 5 nitrogen and oxygen atoms in total. The average molecular weight is 297 g/mol. The largest absolute Gasteiger partial charge is 0.367 e. The topological polar surface area (TPSA) is 72.5 Å². The predicted molar refractivity (Wildman–Crippen MR) is 75.5 cm³/mol. The van der Waals surface area contributed by atoms with Gasteiger partial charge in [-0.3, -0.25) is 9.52 Å². The summed E-state index contributed by atoms with van der Waals surface area (Å²) >= 11 is 0. The van der Waals surface area contributed by atoms with Crippen molar-refractivity contribution in [3.63, 3.8) is 0 Å². The molecule has 110 valence electrons. The van der Waals surface area contributed by atoms with E-state index in [1.54, 1.807) is 0 Å². The Balaban J connectivity index is 1.72. The van der Waals surface area contributed by atoms with Gasteiger partial charge in [0.15, 0.2) is 0 Å². The Labute approximate surface area is 119 Å². The van der Waals surface area contributed by atoms with Gasteiger partial charge in [0, 0.05) is 0 Å². The van der Waals surface area contributed by atoms with E-state index in [1.807, 2.05) is 35.9 Å². The molecule has 1 aliphatic rings. The van der Waals surface area contributed by atoms with Crippen LogP contribution in [0.25, 0.3) is 0 Å². The van der Waals surface area contributed by atoms with Gasteiger partial charge in [-0.15, -0.1) is 0 Å². The number of sulfonamides is 1. The van der Waals surface area contributed by atoms with E-state index in [4.69, 9.17) is 4.74 Å². The summed E-state index contributed by atoms with van der Waals surface area (Å²) in [6, 6.07) is 7.74. The highest BCUT2D eigenvalue weighted by Gasteiger charge is 2.28. The lowest BCUT2D eigenvalue weighted by atomic mass is 10.1. The van der Waals surface area contributed by atoms with Gasteiger partial charge in [-0.2, -0.15) is 0 Å². The third kappa shape index (κ3) is 5.30. The third-order valence-corrected chi connectivity index (χ3v) is 4.45. The van der Waals surface area contributed by atoms with Crippen LogP contribution >= 0.6 is 0 Å². The summed E-state index contributed by atoms with van der Waals surface area (Å²) in [5, 5.41) is 0. The number of benzene rings is 1. The Kier molecular flexibility index (Phi) is 4.77. The second-order valence-corrected chi connectivity index (χ2v) is 7.00. The lowest BCUT2D eigenvalue weighted by Gasteiger charge is -2.07. The minimum Gasteiger partial charge on any atom is -0.367 e. The Morgan fingerprint density at radius 3 is 2.80 bits per heavy atom. The van der Waals surface area contributed by atoms with Crippen LogP contribution in [-0.2, 0) is 26.2 Å². The van der Waals surface area contributed by atoms with Crippen LogP contribution in [0, 0.1) is 12.8 Å². The Morgan fingerprint density at radius 2 is 2.15 bits per heavy atom. The summed E-state index contributed by atoms with van der Waals surface area (Å²) in [5.41, 5.74) is 2.07. The van der Waals surface area contributed by atoms with Crippen molar-refractivity contribution in [3.8, 4) is 0 Å². The zero-order valence-electron chi connectivity index (χ0n) is 11.5. The molecule has 0 bridgehead atoms. The van der Waals surface area contributed by atoms with Crippen LogP contribution in [-0.4, -0.2) is 26.7 Å². The molecule has 6 heteroatoms. The molecular formula is C14H19NO4S. The van der Waals surface area contributed by atoms with E-state index in [1.165, 1.54) is 0 Å². The molecule has 0 aliphatic heterocycles.